The molecule has 0 amide bonds. The maximum atomic E-state index is 11.5. The molecule has 0 N–H and O–H groups in total. The van der Waals surface area contributed by atoms with E-state index in [1.807, 2.05) is 0 Å². The summed E-state index contributed by atoms with van der Waals surface area (Å²) in [5.41, 5.74) is 1.49. The summed E-state index contributed by atoms with van der Waals surface area (Å²) in [5.74, 6) is -1.30. The number of esters is 1. The van der Waals surface area contributed by atoms with Gasteiger partial charge in [-0.1, -0.05) is 11.6 Å². The lowest BCUT2D eigenvalue weighted by Crippen LogP contribution is -2.44. The van der Waals surface area contributed by atoms with Gasteiger partial charge in [0.2, 0.25) is 5.79 Å². The Balaban J connectivity index is 1.96. The number of allylic oxidation sites excluding steroid dienone is 1. The zero-order valence-electron chi connectivity index (χ0n) is 11.9. The summed E-state index contributed by atoms with van der Waals surface area (Å²) in [6.07, 6.45) is 1.83. The molecule has 2 heterocycles. The lowest BCUT2D eigenvalue weighted by Gasteiger charge is -2.36. The fourth-order valence-electron chi connectivity index (χ4n) is 2.91. The van der Waals surface area contributed by atoms with E-state index in [1.54, 1.807) is 0 Å². The van der Waals surface area contributed by atoms with Crippen molar-refractivity contribution < 1.29 is 23.7 Å². The monoisotopic (exact) mass is 315 g/mol. The molecule has 116 valence electrons. The quantitative estimate of drug-likeness (QED) is 0.560. The topological polar surface area (TPSA) is 57.2 Å². The van der Waals surface area contributed by atoms with Gasteiger partial charge >= 0.3 is 5.97 Å². The summed E-state index contributed by atoms with van der Waals surface area (Å²) >= 11 is 6.51. The number of carbonyl (C=O) groups excluding carboxylic acids is 1. The van der Waals surface area contributed by atoms with Crippen molar-refractivity contribution in [2.24, 2.45) is 0 Å². The molecule has 1 spiro atoms. The average Bonchev–Trinajstić information content (AvgIpc) is 3.06. The maximum absolute atomic E-state index is 11.5. The highest BCUT2D eigenvalue weighted by atomic mass is 35.5. The third kappa shape index (κ3) is 2.68. The van der Waals surface area contributed by atoms with Crippen molar-refractivity contribution in [3.8, 4) is 0 Å². The molecule has 0 atom stereocenters. The van der Waals surface area contributed by atoms with Crippen LogP contribution in [0.15, 0.2) is 22.4 Å². The molecule has 2 aliphatic heterocycles. The van der Waals surface area contributed by atoms with Gasteiger partial charge in [-0.05, 0) is 5.57 Å². The van der Waals surface area contributed by atoms with Crippen LogP contribution in [0.1, 0.15) is 6.42 Å². The molecule has 0 unspecified atom stereocenters. The summed E-state index contributed by atoms with van der Waals surface area (Å²) < 4.78 is 21.7. The van der Waals surface area contributed by atoms with Crippen LogP contribution in [-0.2, 0) is 23.7 Å². The number of nitrogens with zero attached hydrogens (tertiary/aromatic N) is 1. The highest BCUT2D eigenvalue weighted by Gasteiger charge is 2.50. The summed E-state index contributed by atoms with van der Waals surface area (Å²) in [6, 6.07) is 0. The van der Waals surface area contributed by atoms with Crippen LogP contribution in [0.25, 0.3) is 0 Å². The maximum Gasteiger partial charge on any atom is 0.330 e. The van der Waals surface area contributed by atoms with E-state index in [-0.39, 0.29) is 0 Å². The molecule has 0 radical (unpaired) electrons. The van der Waals surface area contributed by atoms with Gasteiger partial charge in [-0.15, -0.1) is 0 Å². The molecule has 3 aliphatic rings. The second kappa shape index (κ2) is 5.96. The summed E-state index contributed by atoms with van der Waals surface area (Å²) in [5, 5.41) is 0.518. The normalized spacial score (nSPS) is 27.0. The number of ether oxygens (including phenoxy) is 4. The van der Waals surface area contributed by atoms with E-state index in [2.05, 4.69) is 9.64 Å². The van der Waals surface area contributed by atoms with E-state index < -0.39 is 11.8 Å². The van der Waals surface area contributed by atoms with Gasteiger partial charge in [0.05, 0.1) is 44.3 Å². The summed E-state index contributed by atoms with van der Waals surface area (Å²) in [6.45, 7) is 3.77. The molecule has 21 heavy (non-hydrogen) atoms. The first-order valence-electron chi connectivity index (χ1n) is 6.96. The lowest BCUT2D eigenvalue weighted by molar-refractivity contribution is -0.139. The fraction of sp³-hybridized carbons (Fsp3) is 0.643. The molecule has 3 rings (SSSR count). The van der Waals surface area contributed by atoms with E-state index in [9.17, 15) is 4.79 Å². The first-order chi connectivity index (χ1) is 10.2. The second-order valence-corrected chi connectivity index (χ2v) is 5.46. The lowest BCUT2D eigenvalue weighted by atomic mass is 10.1. The van der Waals surface area contributed by atoms with Crippen LogP contribution < -0.4 is 0 Å². The third-order valence-corrected chi connectivity index (χ3v) is 4.27. The Morgan fingerprint density at radius 3 is 2.57 bits per heavy atom. The molecule has 6 nitrogen and oxygen atoms in total. The standard InChI is InChI=1S/C14H18ClNO5/c1-18-11(17)8-10-9-14(20-6-7-21-14)13(12(10)15)16-2-4-19-5-3-16/h8H,2-7,9H2,1H3/b10-8+. The highest BCUT2D eigenvalue weighted by Crippen LogP contribution is 2.48. The number of rotatable bonds is 2. The largest absolute Gasteiger partial charge is 0.466 e. The Bertz CT molecular complexity index is 490. The smallest absolute Gasteiger partial charge is 0.330 e. The molecule has 2 fully saturated rings. The van der Waals surface area contributed by atoms with Crippen molar-refractivity contribution in [1.29, 1.82) is 0 Å². The summed E-state index contributed by atoms with van der Waals surface area (Å²) in [7, 11) is 1.34. The number of hydrogen-bond acceptors (Lipinski definition) is 6. The predicted octanol–water partition coefficient (Wildman–Crippen LogP) is 1.02. The van der Waals surface area contributed by atoms with Gasteiger partial charge in [-0.2, -0.15) is 0 Å². The van der Waals surface area contributed by atoms with Crippen LogP contribution in [0.5, 0.6) is 0 Å². The number of methoxy groups -OCH3 is 1. The van der Waals surface area contributed by atoms with Gasteiger partial charge in [-0.25, -0.2) is 4.79 Å². The van der Waals surface area contributed by atoms with E-state index in [4.69, 9.17) is 25.8 Å². The molecular weight excluding hydrogens is 298 g/mol. The molecule has 0 aromatic carbocycles. The molecule has 0 aromatic heterocycles. The summed E-state index contributed by atoms with van der Waals surface area (Å²) in [4.78, 5) is 13.6. The number of carbonyl (C=O) groups is 1. The van der Waals surface area contributed by atoms with Gasteiger partial charge in [0, 0.05) is 25.6 Å². The van der Waals surface area contributed by atoms with Gasteiger partial charge in [0.25, 0.3) is 0 Å². The van der Waals surface area contributed by atoms with E-state index >= 15 is 0 Å². The Kier molecular flexibility index (Phi) is 4.21. The van der Waals surface area contributed by atoms with E-state index in [0.717, 1.165) is 18.8 Å². The molecule has 7 heteroatoms. The molecule has 0 aromatic rings. The van der Waals surface area contributed by atoms with Crippen LogP contribution in [0.4, 0.5) is 0 Å². The Labute approximate surface area is 128 Å². The van der Waals surface area contributed by atoms with Crippen molar-refractivity contribution >= 4 is 17.6 Å². The van der Waals surface area contributed by atoms with Crippen LogP contribution in [0, 0.1) is 0 Å². The fourth-order valence-corrected chi connectivity index (χ4v) is 3.29. The van der Waals surface area contributed by atoms with Gasteiger partial charge in [-0.3, -0.25) is 0 Å². The molecule has 2 saturated heterocycles. The Morgan fingerprint density at radius 1 is 1.29 bits per heavy atom. The van der Waals surface area contributed by atoms with Gasteiger partial charge in [0.15, 0.2) is 0 Å². The minimum Gasteiger partial charge on any atom is -0.466 e. The number of halogens is 1. The van der Waals surface area contributed by atoms with Crippen LogP contribution in [-0.4, -0.2) is 63.3 Å². The first-order valence-corrected chi connectivity index (χ1v) is 7.34. The molecular formula is C14H18ClNO5. The SMILES string of the molecule is COC(=O)/C=C1\CC2(OCCO2)C(N2CCOCC2)=C1Cl. The Morgan fingerprint density at radius 2 is 1.95 bits per heavy atom. The molecule has 0 bridgehead atoms. The van der Waals surface area contributed by atoms with Gasteiger partial charge < -0.3 is 23.8 Å². The minimum absolute atomic E-state index is 0.424. The molecule has 0 saturated carbocycles. The van der Waals surface area contributed by atoms with E-state index in [0.29, 0.717) is 43.5 Å². The third-order valence-electron chi connectivity index (χ3n) is 3.85. The van der Waals surface area contributed by atoms with Crippen molar-refractivity contribution in [1.82, 2.24) is 4.90 Å². The van der Waals surface area contributed by atoms with Crippen molar-refractivity contribution in [3.63, 3.8) is 0 Å². The first kappa shape index (κ1) is 14.8. The highest BCUT2D eigenvalue weighted by molar-refractivity contribution is 6.33. The zero-order valence-corrected chi connectivity index (χ0v) is 12.6. The molecule has 1 aliphatic carbocycles. The van der Waals surface area contributed by atoms with Crippen molar-refractivity contribution in [2.75, 3.05) is 46.6 Å². The Hall–Kier alpha value is -1.08. The minimum atomic E-state index is -0.867. The van der Waals surface area contributed by atoms with Crippen molar-refractivity contribution in [3.05, 3.63) is 22.4 Å². The number of hydrogen-bond donors (Lipinski definition) is 0. The number of morpholine rings is 1. The zero-order chi connectivity index (χ0) is 14.9. The predicted molar refractivity (Wildman–Crippen MR) is 74.6 cm³/mol. The van der Waals surface area contributed by atoms with Crippen LogP contribution >= 0.6 is 11.6 Å². The average molecular weight is 316 g/mol. The van der Waals surface area contributed by atoms with Gasteiger partial charge in [0.1, 0.15) is 0 Å². The van der Waals surface area contributed by atoms with E-state index in [1.165, 1.54) is 13.2 Å². The van der Waals surface area contributed by atoms with Crippen LogP contribution in [0.2, 0.25) is 0 Å². The van der Waals surface area contributed by atoms with Crippen molar-refractivity contribution in [2.45, 2.75) is 12.2 Å². The second-order valence-electron chi connectivity index (χ2n) is 5.08. The van der Waals surface area contributed by atoms with Crippen LogP contribution in [0.3, 0.4) is 0 Å².